The van der Waals surface area contributed by atoms with Gasteiger partial charge in [-0.2, -0.15) is 4.31 Å². The second-order valence-electron chi connectivity index (χ2n) is 4.70. The molecule has 0 amide bonds. The smallest absolute Gasteiger partial charge is 0.207 e. The molecule has 1 atom stereocenters. The summed E-state index contributed by atoms with van der Waals surface area (Å²) >= 11 is 6.75. The normalized spacial score (nSPS) is 21.5. The number of sulfonamides is 1. The average Bonchev–Trinajstić information content (AvgIpc) is 2.40. The van der Waals surface area contributed by atoms with Gasteiger partial charge in [-0.15, -0.1) is 0 Å². The summed E-state index contributed by atoms with van der Waals surface area (Å²) in [5.74, 6) is 0. The molecule has 1 heterocycles. The van der Waals surface area contributed by atoms with Crippen molar-refractivity contribution in [2.45, 2.75) is 36.6 Å². The topological polar surface area (TPSA) is 37.4 Å². The molecule has 1 aromatic carbocycles. The number of alkyl halides is 1. The van der Waals surface area contributed by atoms with Crippen molar-refractivity contribution in [2.24, 2.45) is 0 Å². The number of nitrogens with zero attached hydrogens (tertiary/aromatic N) is 1. The van der Waals surface area contributed by atoms with E-state index >= 15 is 0 Å². The van der Waals surface area contributed by atoms with Gasteiger partial charge in [0, 0.05) is 22.4 Å². The highest BCUT2D eigenvalue weighted by molar-refractivity contribution is 9.10. The lowest BCUT2D eigenvalue weighted by Gasteiger charge is -2.34. The molecule has 0 aliphatic carbocycles. The van der Waals surface area contributed by atoms with Crippen molar-refractivity contribution >= 4 is 41.9 Å². The molecule has 0 saturated carbocycles. The van der Waals surface area contributed by atoms with E-state index in [4.69, 9.17) is 0 Å². The first-order valence-corrected chi connectivity index (χ1v) is 9.74. The number of benzene rings is 1. The average molecular weight is 411 g/mol. The van der Waals surface area contributed by atoms with Gasteiger partial charge in [-0.25, -0.2) is 8.42 Å². The summed E-state index contributed by atoms with van der Waals surface area (Å²) in [6, 6.07) is 7.01. The van der Waals surface area contributed by atoms with E-state index in [1.54, 1.807) is 28.6 Å². The zero-order chi connectivity index (χ0) is 13.9. The summed E-state index contributed by atoms with van der Waals surface area (Å²) in [6.07, 6.45) is 3.90. The molecular formula is C13H17Br2NO2S. The Kier molecular flexibility index (Phi) is 5.45. The Hall–Kier alpha value is 0.0900. The quantitative estimate of drug-likeness (QED) is 0.708. The van der Waals surface area contributed by atoms with Gasteiger partial charge in [0.05, 0.1) is 4.90 Å². The van der Waals surface area contributed by atoms with Crippen molar-refractivity contribution in [1.82, 2.24) is 4.31 Å². The van der Waals surface area contributed by atoms with Crippen molar-refractivity contribution in [1.29, 1.82) is 0 Å². The van der Waals surface area contributed by atoms with Crippen molar-refractivity contribution in [2.75, 3.05) is 11.9 Å². The van der Waals surface area contributed by atoms with E-state index in [1.807, 2.05) is 0 Å². The largest absolute Gasteiger partial charge is 0.243 e. The summed E-state index contributed by atoms with van der Waals surface area (Å²) in [5.41, 5.74) is 0. The number of piperidine rings is 1. The molecule has 1 fully saturated rings. The predicted octanol–water partition coefficient (Wildman–Crippen LogP) is 3.78. The third kappa shape index (κ3) is 3.60. The predicted molar refractivity (Wildman–Crippen MR) is 84.1 cm³/mol. The molecule has 0 N–H and O–H groups in total. The second-order valence-corrected chi connectivity index (χ2v) is 8.30. The summed E-state index contributed by atoms with van der Waals surface area (Å²) in [4.78, 5) is 0.386. The highest BCUT2D eigenvalue weighted by Gasteiger charge is 2.32. The molecule has 1 unspecified atom stereocenters. The lowest BCUT2D eigenvalue weighted by Crippen LogP contribution is -2.43. The van der Waals surface area contributed by atoms with E-state index < -0.39 is 10.0 Å². The van der Waals surface area contributed by atoms with Crippen molar-refractivity contribution in [3.05, 3.63) is 28.7 Å². The van der Waals surface area contributed by atoms with Crippen LogP contribution in [-0.4, -0.2) is 30.6 Å². The standard InChI is InChI=1S/C13H17Br2NO2S/c14-9-8-12-3-1-2-10-16(12)19(17,18)13-6-4-11(15)5-7-13/h4-7,12H,1-3,8-10H2. The van der Waals surface area contributed by atoms with Crippen molar-refractivity contribution in [3.8, 4) is 0 Å². The maximum Gasteiger partial charge on any atom is 0.243 e. The number of halogens is 2. The number of hydrogen-bond donors (Lipinski definition) is 0. The fraction of sp³-hybridized carbons (Fsp3) is 0.538. The Morgan fingerprint density at radius 2 is 1.89 bits per heavy atom. The molecular weight excluding hydrogens is 394 g/mol. The Bertz CT molecular complexity index is 514. The summed E-state index contributed by atoms with van der Waals surface area (Å²) < 4.78 is 27.9. The molecule has 1 aliphatic rings. The molecule has 1 aromatic rings. The van der Waals surface area contributed by atoms with Crippen LogP contribution in [0.3, 0.4) is 0 Å². The molecule has 2 rings (SSSR count). The summed E-state index contributed by atoms with van der Waals surface area (Å²) in [6.45, 7) is 0.635. The lowest BCUT2D eigenvalue weighted by molar-refractivity contribution is 0.248. The number of hydrogen-bond acceptors (Lipinski definition) is 2. The van der Waals surface area contributed by atoms with E-state index in [0.29, 0.717) is 11.4 Å². The van der Waals surface area contributed by atoms with E-state index in [1.165, 1.54) is 0 Å². The Labute approximate surface area is 131 Å². The monoisotopic (exact) mass is 409 g/mol. The van der Waals surface area contributed by atoms with Gasteiger partial charge in [-0.1, -0.05) is 38.3 Å². The van der Waals surface area contributed by atoms with E-state index in [2.05, 4.69) is 31.9 Å². The van der Waals surface area contributed by atoms with Crippen LogP contribution in [0, 0.1) is 0 Å². The van der Waals surface area contributed by atoms with Gasteiger partial charge in [0.1, 0.15) is 0 Å². The molecule has 3 nitrogen and oxygen atoms in total. The van der Waals surface area contributed by atoms with Crippen LogP contribution in [0.25, 0.3) is 0 Å². The Balaban J connectivity index is 2.28. The van der Waals surface area contributed by atoms with Gasteiger partial charge < -0.3 is 0 Å². The maximum atomic E-state index is 12.7. The van der Waals surface area contributed by atoms with Crippen LogP contribution in [0.4, 0.5) is 0 Å². The molecule has 0 spiro atoms. The maximum absolute atomic E-state index is 12.7. The van der Waals surface area contributed by atoms with E-state index in [0.717, 1.165) is 35.5 Å². The van der Waals surface area contributed by atoms with Gasteiger partial charge in [0.15, 0.2) is 0 Å². The third-order valence-corrected chi connectivity index (χ3v) is 6.39. The lowest BCUT2D eigenvalue weighted by atomic mass is 10.0. The molecule has 0 bridgehead atoms. The minimum absolute atomic E-state index is 0.127. The van der Waals surface area contributed by atoms with Gasteiger partial charge in [-0.3, -0.25) is 0 Å². The van der Waals surface area contributed by atoms with Crippen LogP contribution < -0.4 is 0 Å². The molecule has 1 aliphatic heterocycles. The van der Waals surface area contributed by atoms with Crippen LogP contribution >= 0.6 is 31.9 Å². The van der Waals surface area contributed by atoms with Gasteiger partial charge in [0.2, 0.25) is 10.0 Å². The molecule has 6 heteroatoms. The molecule has 19 heavy (non-hydrogen) atoms. The Morgan fingerprint density at radius 3 is 2.53 bits per heavy atom. The van der Waals surface area contributed by atoms with Crippen LogP contribution in [0.15, 0.2) is 33.6 Å². The Morgan fingerprint density at radius 1 is 1.21 bits per heavy atom. The van der Waals surface area contributed by atoms with E-state index in [9.17, 15) is 8.42 Å². The second kappa shape index (κ2) is 6.70. The third-order valence-electron chi connectivity index (χ3n) is 3.44. The molecule has 106 valence electrons. The minimum Gasteiger partial charge on any atom is -0.207 e. The highest BCUT2D eigenvalue weighted by Crippen LogP contribution is 2.28. The zero-order valence-corrected chi connectivity index (χ0v) is 14.5. The van der Waals surface area contributed by atoms with Crippen LogP contribution in [0.2, 0.25) is 0 Å². The first kappa shape index (κ1) is 15.5. The fourth-order valence-corrected chi connectivity index (χ4v) is 4.96. The van der Waals surface area contributed by atoms with Crippen LogP contribution in [0.5, 0.6) is 0 Å². The first-order chi connectivity index (χ1) is 9.05. The van der Waals surface area contributed by atoms with Gasteiger partial charge in [-0.05, 0) is 43.5 Å². The summed E-state index contributed by atoms with van der Waals surface area (Å²) in [5, 5.41) is 0.837. The SMILES string of the molecule is O=S(=O)(c1ccc(Br)cc1)N1CCCCC1CCBr. The van der Waals surface area contributed by atoms with Crippen molar-refractivity contribution in [3.63, 3.8) is 0 Å². The fourth-order valence-electron chi connectivity index (χ4n) is 2.45. The van der Waals surface area contributed by atoms with Crippen LogP contribution in [-0.2, 0) is 10.0 Å². The van der Waals surface area contributed by atoms with Crippen LogP contribution in [0.1, 0.15) is 25.7 Å². The minimum atomic E-state index is -3.36. The molecule has 1 saturated heterocycles. The molecule has 0 aromatic heterocycles. The first-order valence-electron chi connectivity index (χ1n) is 6.39. The molecule has 0 radical (unpaired) electrons. The zero-order valence-electron chi connectivity index (χ0n) is 10.6. The summed E-state index contributed by atoms with van der Waals surface area (Å²) in [7, 11) is -3.36. The van der Waals surface area contributed by atoms with Gasteiger partial charge in [0.25, 0.3) is 0 Å². The number of rotatable bonds is 4. The van der Waals surface area contributed by atoms with Gasteiger partial charge >= 0.3 is 0 Å². The van der Waals surface area contributed by atoms with Crippen molar-refractivity contribution < 1.29 is 8.42 Å². The van der Waals surface area contributed by atoms with E-state index in [-0.39, 0.29) is 6.04 Å². The highest BCUT2D eigenvalue weighted by atomic mass is 79.9.